The minimum atomic E-state index is -0.638. The number of fused-ring (bicyclic) bond motifs is 5. The third kappa shape index (κ3) is 5.85. The number of methoxy groups -OCH3 is 1. The number of hydrogen-bond donors (Lipinski definition) is 4. The molecule has 1 aliphatic carbocycles. The summed E-state index contributed by atoms with van der Waals surface area (Å²) in [5, 5.41) is 8.88. The number of rotatable bonds is 3. The molecule has 11 heteroatoms. The summed E-state index contributed by atoms with van der Waals surface area (Å²) in [6.07, 6.45) is 15.5. The van der Waals surface area contributed by atoms with Crippen LogP contribution < -0.4 is 16.0 Å². The van der Waals surface area contributed by atoms with E-state index in [4.69, 9.17) is 16.6 Å². The highest BCUT2D eigenvalue weighted by atomic mass is 35.5. The van der Waals surface area contributed by atoms with Crippen LogP contribution in [0.3, 0.4) is 0 Å². The molecule has 1 aromatic carbocycles. The first-order chi connectivity index (χ1) is 18.9. The molecule has 2 unspecified atom stereocenters. The van der Waals surface area contributed by atoms with E-state index in [1.165, 1.54) is 7.11 Å². The van der Waals surface area contributed by atoms with E-state index in [2.05, 4.69) is 30.7 Å². The van der Waals surface area contributed by atoms with E-state index in [0.717, 1.165) is 5.57 Å². The average molecular weight is 547 g/mol. The van der Waals surface area contributed by atoms with E-state index in [1.807, 2.05) is 36.5 Å². The number of aromatic nitrogens is 2. The van der Waals surface area contributed by atoms with Crippen LogP contribution >= 0.6 is 11.6 Å². The Morgan fingerprint density at radius 1 is 1.21 bits per heavy atom. The fourth-order valence-electron chi connectivity index (χ4n) is 4.70. The van der Waals surface area contributed by atoms with Crippen molar-refractivity contribution in [1.29, 1.82) is 0 Å². The van der Waals surface area contributed by atoms with E-state index < -0.39 is 18.1 Å². The Labute approximate surface area is 230 Å². The van der Waals surface area contributed by atoms with Crippen LogP contribution in [0.2, 0.25) is 5.15 Å². The maximum atomic E-state index is 13.5. The number of anilines is 2. The summed E-state index contributed by atoms with van der Waals surface area (Å²) in [6, 6.07) is 4.49. The van der Waals surface area contributed by atoms with Gasteiger partial charge in [-0.25, -0.2) is 9.78 Å². The molecule has 0 saturated heterocycles. The van der Waals surface area contributed by atoms with Crippen LogP contribution in [0.15, 0.2) is 71.4 Å². The summed E-state index contributed by atoms with van der Waals surface area (Å²) in [5.41, 5.74) is 2.80. The van der Waals surface area contributed by atoms with Crippen molar-refractivity contribution < 1.29 is 19.1 Å². The van der Waals surface area contributed by atoms with Gasteiger partial charge in [-0.3, -0.25) is 19.9 Å². The summed E-state index contributed by atoms with van der Waals surface area (Å²) < 4.78 is 4.67. The van der Waals surface area contributed by atoms with Gasteiger partial charge in [0.05, 0.1) is 24.8 Å². The smallest absolute Gasteiger partial charge is 0.411 e. The topological polar surface area (TPSA) is 138 Å². The number of aliphatic imine (C=N–C) groups is 1. The molecule has 1 aromatic heterocycles. The lowest BCUT2D eigenvalue weighted by Gasteiger charge is -2.27. The molecule has 200 valence electrons. The fourth-order valence-corrected chi connectivity index (χ4v) is 4.94. The van der Waals surface area contributed by atoms with Gasteiger partial charge in [-0.05, 0) is 36.6 Å². The van der Waals surface area contributed by atoms with E-state index in [9.17, 15) is 14.4 Å². The van der Waals surface area contributed by atoms with Gasteiger partial charge in [-0.15, -0.1) is 0 Å². The molecule has 39 heavy (non-hydrogen) atoms. The Morgan fingerprint density at radius 2 is 2.08 bits per heavy atom. The molecule has 0 radical (unpaired) electrons. The van der Waals surface area contributed by atoms with Gasteiger partial charge in [0.25, 0.3) is 0 Å². The summed E-state index contributed by atoms with van der Waals surface area (Å²) >= 11 is 6.61. The van der Waals surface area contributed by atoms with Crippen LogP contribution in [0.1, 0.15) is 31.1 Å². The molecule has 2 aliphatic heterocycles. The van der Waals surface area contributed by atoms with Crippen molar-refractivity contribution in [1.82, 2.24) is 15.3 Å². The number of halogens is 1. The number of nitrogens with one attached hydrogen (secondary N) is 4. The van der Waals surface area contributed by atoms with Gasteiger partial charge >= 0.3 is 6.09 Å². The number of imidazole rings is 1. The fraction of sp³-hybridized carbons (Fsp3) is 0.250. The predicted molar refractivity (Wildman–Crippen MR) is 149 cm³/mol. The first kappa shape index (κ1) is 26.2. The zero-order valence-corrected chi connectivity index (χ0v) is 21.9. The normalized spacial score (nSPS) is 22.6. The minimum absolute atomic E-state index is 0.0923. The van der Waals surface area contributed by atoms with Crippen molar-refractivity contribution in [3.05, 3.63) is 77.4 Å². The Bertz CT molecular complexity index is 1450. The second-order valence-corrected chi connectivity index (χ2v) is 9.62. The number of aromatic amines is 1. The zero-order chi connectivity index (χ0) is 27.4. The van der Waals surface area contributed by atoms with Crippen molar-refractivity contribution in [2.45, 2.75) is 25.3 Å². The number of ether oxygens (including phenoxy) is 1. The summed E-state index contributed by atoms with van der Waals surface area (Å²) in [4.78, 5) is 49.9. The summed E-state index contributed by atoms with van der Waals surface area (Å²) in [7, 11) is 1.27. The van der Waals surface area contributed by atoms with Crippen LogP contribution in [0.25, 0.3) is 11.3 Å². The van der Waals surface area contributed by atoms with Crippen LogP contribution in [0, 0.1) is 11.8 Å². The van der Waals surface area contributed by atoms with Crippen molar-refractivity contribution in [2.75, 3.05) is 17.7 Å². The largest absolute Gasteiger partial charge is 0.453 e. The highest BCUT2D eigenvalue weighted by molar-refractivity contribution is 6.32. The molecule has 3 atom stereocenters. The molecule has 10 nitrogen and oxygen atoms in total. The van der Waals surface area contributed by atoms with E-state index in [0.29, 0.717) is 41.3 Å². The van der Waals surface area contributed by atoms with Crippen LogP contribution in [-0.2, 0) is 14.3 Å². The Morgan fingerprint density at radius 3 is 2.92 bits per heavy atom. The van der Waals surface area contributed by atoms with E-state index >= 15 is 0 Å². The maximum Gasteiger partial charge on any atom is 0.411 e. The number of nitrogens with zero attached hydrogens (tertiary/aromatic N) is 2. The monoisotopic (exact) mass is 546 g/mol. The Hall–Kier alpha value is -4.44. The van der Waals surface area contributed by atoms with Crippen LogP contribution in [0.5, 0.6) is 0 Å². The number of H-pyrrole nitrogens is 1. The number of hydrogen-bond acceptors (Lipinski definition) is 6. The van der Waals surface area contributed by atoms with Crippen molar-refractivity contribution in [2.24, 2.45) is 16.8 Å². The molecule has 2 bridgehead atoms. The number of allylic oxidation sites excluding steroid dienone is 5. The number of benzene rings is 1. The predicted octanol–water partition coefficient (Wildman–Crippen LogP) is 5.07. The lowest BCUT2D eigenvalue weighted by Crippen LogP contribution is -2.38. The maximum absolute atomic E-state index is 13.5. The van der Waals surface area contributed by atoms with Gasteiger partial charge in [0.2, 0.25) is 11.8 Å². The zero-order valence-electron chi connectivity index (χ0n) is 21.1. The van der Waals surface area contributed by atoms with Crippen LogP contribution in [0.4, 0.5) is 16.2 Å². The van der Waals surface area contributed by atoms with E-state index in [-0.39, 0.29) is 29.3 Å². The first-order valence-electron chi connectivity index (χ1n) is 12.5. The first-order valence-corrected chi connectivity index (χ1v) is 12.9. The number of carbonyl (C=O) groups is 3. The number of carbonyl (C=O) groups excluding carboxylic acids is 3. The van der Waals surface area contributed by atoms with Gasteiger partial charge in [-0.1, -0.05) is 48.1 Å². The van der Waals surface area contributed by atoms with Crippen molar-refractivity contribution in [3.63, 3.8) is 0 Å². The standard InChI is InChI=1S/C28H27ClN6O4/c1-39-28(38)31-17-10-11-20-22(14-17)32-23(36)9-4-2-3-8-21(26-34-24(20)25(29)35-26)33-27(37)19-7-5-6-16-15-30-13-12-18(16)19/h2-3,5-7,10-15,18-19,21H,4,8-9H2,1H3,(H,31,38)(H,32,36)(H,33,37)(H,34,35)/b3-2+/t18?,19?,21-/m0/s1. The molecule has 5 rings (SSSR count). The highest BCUT2D eigenvalue weighted by Gasteiger charge is 2.31. The van der Waals surface area contributed by atoms with Gasteiger partial charge < -0.3 is 20.4 Å². The SMILES string of the molecule is COC(=O)Nc1ccc2c(c1)NC(=O)CC/C=C/C[C@H](NC(=O)C1C=CC=C3C=NC=CC31)c1nc-2c(Cl)[nH]1. The highest BCUT2D eigenvalue weighted by Crippen LogP contribution is 2.36. The molecule has 3 aliphatic rings. The molecule has 0 fully saturated rings. The van der Waals surface area contributed by atoms with Crippen molar-refractivity contribution >= 4 is 47.1 Å². The summed E-state index contributed by atoms with van der Waals surface area (Å²) in [5.74, 6) is -0.351. The molecule has 3 heterocycles. The molecular weight excluding hydrogens is 520 g/mol. The van der Waals surface area contributed by atoms with Gasteiger partial charge in [-0.2, -0.15) is 0 Å². The van der Waals surface area contributed by atoms with Gasteiger partial charge in [0, 0.05) is 36.0 Å². The number of amides is 3. The van der Waals surface area contributed by atoms with Gasteiger partial charge in [0.15, 0.2) is 0 Å². The molecule has 0 spiro atoms. The third-order valence-electron chi connectivity index (χ3n) is 6.67. The van der Waals surface area contributed by atoms with E-state index in [1.54, 1.807) is 30.6 Å². The van der Waals surface area contributed by atoms with Crippen LogP contribution in [-0.4, -0.2) is 41.2 Å². The molecule has 3 amide bonds. The molecule has 0 saturated carbocycles. The molecular formula is C28H27ClN6O4. The minimum Gasteiger partial charge on any atom is -0.453 e. The Kier molecular flexibility index (Phi) is 7.74. The second kappa shape index (κ2) is 11.5. The molecule has 4 N–H and O–H groups in total. The Balaban J connectivity index is 1.47. The average Bonchev–Trinajstić information content (AvgIpc) is 3.32. The molecule has 2 aromatic rings. The van der Waals surface area contributed by atoms with Crippen molar-refractivity contribution in [3.8, 4) is 11.3 Å². The summed E-state index contributed by atoms with van der Waals surface area (Å²) in [6.45, 7) is 0. The van der Waals surface area contributed by atoms with Gasteiger partial charge in [0.1, 0.15) is 16.7 Å². The lowest BCUT2D eigenvalue weighted by atomic mass is 9.81. The third-order valence-corrected chi connectivity index (χ3v) is 6.94. The second-order valence-electron chi connectivity index (χ2n) is 9.24. The quantitative estimate of drug-likeness (QED) is 0.398. The lowest BCUT2D eigenvalue weighted by molar-refractivity contribution is -0.125.